The molecule has 0 saturated heterocycles. The molecule has 0 aliphatic carbocycles. The lowest BCUT2D eigenvalue weighted by atomic mass is 10.2. The van der Waals surface area contributed by atoms with Gasteiger partial charge in [-0.2, -0.15) is 0 Å². The Morgan fingerprint density at radius 2 is 2.18 bits per heavy atom. The highest BCUT2D eigenvalue weighted by Crippen LogP contribution is 2.22. The minimum Gasteiger partial charge on any atom is -0.493 e. The number of nitrogens with one attached hydrogen (secondary N) is 1. The highest BCUT2D eigenvalue weighted by atomic mass is 79.9. The van der Waals surface area contributed by atoms with Crippen molar-refractivity contribution in [1.82, 2.24) is 5.32 Å². The summed E-state index contributed by atoms with van der Waals surface area (Å²) >= 11 is 3.45. The number of hydrogen-bond donors (Lipinski definition) is 1. The van der Waals surface area contributed by atoms with Gasteiger partial charge in [0.15, 0.2) is 0 Å². The maximum absolute atomic E-state index is 5.75. The minimum absolute atomic E-state index is 0.601. The number of halogens is 1. The van der Waals surface area contributed by atoms with Gasteiger partial charge in [-0.05, 0) is 57.0 Å². The summed E-state index contributed by atoms with van der Waals surface area (Å²) in [6.45, 7) is 8.26. The Balaban J connectivity index is 2.22. The summed E-state index contributed by atoms with van der Waals surface area (Å²) in [5.41, 5.74) is 1.18. The first-order valence-electron chi connectivity index (χ1n) is 6.25. The Hall–Kier alpha value is -0.540. The third-order valence-electron chi connectivity index (χ3n) is 2.82. The molecular weight excluding hydrogens is 278 g/mol. The van der Waals surface area contributed by atoms with Gasteiger partial charge in [0.05, 0.1) is 6.61 Å². The topological polar surface area (TPSA) is 21.3 Å². The fourth-order valence-corrected chi connectivity index (χ4v) is 2.00. The average molecular weight is 300 g/mol. The first kappa shape index (κ1) is 14.5. The van der Waals surface area contributed by atoms with Crippen LogP contribution >= 0.6 is 15.9 Å². The third-order valence-corrected chi connectivity index (χ3v) is 3.31. The first-order chi connectivity index (χ1) is 8.13. The van der Waals surface area contributed by atoms with Crippen LogP contribution in [0.15, 0.2) is 22.7 Å². The van der Waals surface area contributed by atoms with E-state index in [4.69, 9.17) is 4.74 Å². The lowest BCUT2D eigenvalue weighted by Gasteiger charge is -2.12. The molecule has 0 radical (unpaired) electrons. The van der Waals surface area contributed by atoms with Crippen molar-refractivity contribution in [2.75, 3.05) is 13.2 Å². The van der Waals surface area contributed by atoms with Gasteiger partial charge in [-0.1, -0.05) is 22.9 Å². The summed E-state index contributed by atoms with van der Waals surface area (Å²) in [6.07, 6.45) is 2.21. The predicted octanol–water partition coefficient (Wildman–Crippen LogP) is 3.91. The fourth-order valence-electron chi connectivity index (χ4n) is 1.52. The van der Waals surface area contributed by atoms with E-state index in [9.17, 15) is 0 Å². The molecule has 17 heavy (non-hydrogen) atoms. The molecule has 1 N–H and O–H groups in total. The average Bonchev–Trinajstić information content (AvgIpc) is 2.30. The summed E-state index contributed by atoms with van der Waals surface area (Å²) in [5.74, 6) is 0.983. The smallest absolute Gasteiger partial charge is 0.122 e. The van der Waals surface area contributed by atoms with E-state index in [2.05, 4.69) is 48.1 Å². The number of hydrogen-bond acceptors (Lipinski definition) is 2. The molecule has 3 heteroatoms. The third kappa shape index (κ3) is 5.55. The lowest BCUT2D eigenvalue weighted by Crippen LogP contribution is -2.27. The van der Waals surface area contributed by atoms with Crippen LogP contribution in [-0.2, 0) is 0 Å². The van der Waals surface area contributed by atoms with E-state index >= 15 is 0 Å². The zero-order chi connectivity index (χ0) is 12.7. The molecule has 1 aromatic rings. The van der Waals surface area contributed by atoms with Crippen LogP contribution in [0.5, 0.6) is 5.75 Å². The molecule has 0 aliphatic rings. The Kier molecular flexibility index (Phi) is 6.60. The zero-order valence-corrected chi connectivity index (χ0v) is 12.5. The van der Waals surface area contributed by atoms with Gasteiger partial charge >= 0.3 is 0 Å². The SMILES string of the molecule is CCC(C)NCCCOc1ccc(Br)cc1C. The van der Waals surface area contributed by atoms with E-state index < -0.39 is 0 Å². The molecule has 0 bridgehead atoms. The Labute approximate surface area is 113 Å². The predicted molar refractivity (Wildman–Crippen MR) is 76.7 cm³/mol. The standard InChI is InChI=1S/C14H22BrNO/c1-4-12(3)16-8-5-9-17-14-7-6-13(15)10-11(14)2/h6-7,10,12,16H,4-5,8-9H2,1-3H3. The van der Waals surface area contributed by atoms with Gasteiger partial charge in [0.25, 0.3) is 0 Å². The molecule has 1 atom stereocenters. The first-order valence-corrected chi connectivity index (χ1v) is 7.05. The van der Waals surface area contributed by atoms with Crippen LogP contribution in [0.2, 0.25) is 0 Å². The summed E-state index contributed by atoms with van der Waals surface area (Å²) < 4.78 is 6.84. The molecule has 96 valence electrons. The second kappa shape index (κ2) is 7.72. The van der Waals surface area contributed by atoms with Crippen molar-refractivity contribution in [2.45, 2.75) is 39.7 Å². The highest BCUT2D eigenvalue weighted by Gasteiger charge is 2.00. The second-order valence-corrected chi connectivity index (χ2v) is 5.29. The lowest BCUT2D eigenvalue weighted by molar-refractivity contribution is 0.303. The van der Waals surface area contributed by atoms with Gasteiger partial charge < -0.3 is 10.1 Å². The molecule has 0 fully saturated rings. The molecule has 0 amide bonds. The maximum Gasteiger partial charge on any atom is 0.122 e. The van der Waals surface area contributed by atoms with Gasteiger partial charge in [-0.15, -0.1) is 0 Å². The molecular formula is C14H22BrNO. The Morgan fingerprint density at radius 3 is 2.82 bits per heavy atom. The van der Waals surface area contributed by atoms with Gasteiger partial charge in [-0.3, -0.25) is 0 Å². The van der Waals surface area contributed by atoms with Gasteiger partial charge in [-0.25, -0.2) is 0 Å². The molecule has 0 spiro atoms. The zero-order valence-electron chi connectivity index (χ0n) is 10.9. The second-order valence-electron chi connectivity index (χ2n) is 4.38. The minimum atomic E-state index is 0.601. The molecule has 0 aromatic heterocycles. The van der Waals surface area contributed by atoms with Gasteiger partial charge in [0, 0.05) is 10.5 Å². The van der Waals surface area contributed by atoms with E-state index in [1.807, 2.05) is 12.1 Å². The van der Waals surface area contributed by atoms with Crippen molar-refractivity contribution in [2.24, 2.45) is 0 Å². The van der Waals surface area contributed by atoms with E-state index in [1.165, 1.54) is 12.0 Å². The van der Waals surface area contributed by atoms with Crippen molar-refractivity contribution in [1.29, 1.82) is 0 Å². The van der Waals surface area contributed by atoms with Crippen LogP contribution < -0.4 is 10.1 Å². The van der Waals surface area contributed by atoms with Crippen LogP contribution in [0.1, 0.15) is 32.3 Å². The van der Waals surface area contributed by atoms with E-state index in [-0.39, 0.29) is 0 Å². The molecule has 1 unspecified atom stereocenters. The molecule has 1 aromatic carbocycles. The number of benzene rings is 1. The van der Waals surface area contributed by atoms with E-state index in [0.29, 0.717) is 6.04 Å². The molecule has 0 aliphatic heterocycles. The fraction of sp³-hybridized carbons (Fsp3) is 0.571. The molecule has 0 heterocycles. The molecule has 0 saturated carbocycles. The summed E-state index contributed by atoms with van der Waals surface area (Å²) in [6, 6.07) is 6.71. The van der Waals surface area contributed by atoms with Gasteiger partial charge in [0.2, 0.25) is 0 Å². The normalized spacial score (nSPS) is 12.5. The summed E-state index contributed by atoms with van der Waals surface area (Å²) in [5, 5.41) is 3.45. The highest BCUT2D eigenvalue weighted by molar-refractivity contribution is 9.10. The summed E-state index contributed by atoms with van der Waals surface area (Å²) in [7, 11) is 0. The van der Waals surface area contributed by atoms with E-state index in [1.54, 1.807) is 0 Å². The molecule has 1 rings (SSSR count). The van der Waals surface area contributed by atoms with Crippen molar-refractivity contribution in [3.8, 4) is 5.75 Å². The Morgan fingerprint density at radius 1 is 1.41 bits per heavy atom. The van der Waals surface area contributed by atoms with Crippen molar-refractivity contribution in [3.63, 3.8) is 0 Å². The largest absolute Gasteiger partial charge is 0.493 e. The van der Waals surface area contributed by atoms with Crippen molar-refractivity contribution in [3.05, 3.63) is 28.2 Å². The maximum atomic E-state index is 5.75. The van der Waals surface area contributed by atoms with Gasteiger partial charge in [0.1, 0.15) is 5.75 Å². The molecule has 2 nitrogen and oxygen atoms in total. The van der Waals surface area contributed by atoms with Crippen LogP contribution in [-0.4, -0.2) is 19.2 Å². The van der Waals surface area contributed by atoms with Crippen molar-refractivity contribution < 1.29 is 4.74 Å². The van der Waals surface area contributed by atoms with Crippen LogP contribution in [0.3, 0.4) is 0 Å². The van der Waals surface area contributed by atoms with E-state index in [0.717, 1.165) is 29.8 Å². The summed E-state index contributed by atoms with van der Waals surface area (Å²) in [4.78, 5) is 0. The van der Waals surface area contributed by atoms with Crippen LogP contribution in [0.25, 0.3) is 0 Å². The van der Waals surface area contributed by atoms with Crippen LogP contribution in [0, 0.1) is 6.92 Å². The van der Waals surface area contributed by atoms with Crippen LogP contribution in [0.4, 0.5) is 0 Å². The number of aryl methyl sites for hydroxylation is 1. The van der Waals surface area contributed by atoms with Crippen molar-refractivity contribution >= 4 is 15.9 Å². The quantitative estimate of drug-likeness (QED) is 0.771. The number of ether oxygens (including phenoxy) is 1. The monoisotopic (exact) mass is 299 g/mol. The Bertz CT molecular complexity index is 341. The number of rotatable bonds is 7.